The van der Waals surface area contributed by atoms with Crippen molar-refractivity contribution in [2.45, 2.75) is 32.9 Å². The van der Waals surface area contributed by atoms with E-state index in [-0.39, 0.29) is 11.8 Å². The Bertz CT molecular complexity index is 377. The summed E-state index contributed by atoms with van der Waals surface area (Å²) in [7, 11) is 0. The molecule has 2 unspecified atom stereocenters. The molecule has 3 nitrogen and oxygen atoms in total. The van der Waals surface area contributed by atoms with Crippen molar-refractivity contribution in [2.75, 3.05) is 0 Å². The van der Waals surface area contributed by atoms with Crippen molar-refractivity contribution in [1.29, 1.82) is 0 Å². The Morgan fingerprint density at radius 2 is 1.93 bits per heavy atom. The molecular formula is C11H16ClNO2. The Labute approximate surface area is 94.5 Å². The Morgan fingerprint density at radius 1 is 1.40 bits per heavy atom. The average molecular weight is 230 g/mol. The van der Waals surface area contributed by atoms with E-state index in [9.17, 15) is 10.2 Å². The van der Waals surface area contributed by atoms with Crippen molar-refractivity contribution in [1.82, 2.24) is 0 Å². The lowest BCUT2D eigenvalue weighted by Crippen LogP contribution is -2.25. The standard InChI is InChI=1S/C11H16ClNO2/c1-5-4-8(11(15)7(3)13)6(2)10(14)9(5)12/h4,7,11,14-15H,13H2,1-3H3. The van der Waals surface area contributed by atoms with Crippen LogP contribution in [0.1, 0.15) is 29.7 Å². The smallest absolute Gasteiger partial charge is 0.137 e. The molecule has 0 heterocycles. The maximum Gasteiger partial charge on any atom is 0.137 e. The second-order valence-corrected chi connectivity index (χ2v) is 4.25. The molecule has 15 heavy (non-hydrogen) atoms. The lowest BCUT2D eigenvalue weighted by molar-refractivity contribution is 0.152. The Balaban J connectivity index is 3.32. The summed E-state index contributed by atoms with van der Waals surface area (Å²) in [5.74, 6) is 0.0198. The van der Waals surface area contributed by atoms with Gasteiger partial charge in [0.05, 0.1) is 11.1 Å². The van der Waals surface area contributed by atoms with Crippen LogP contribution >= 0.6 is 11.6 Å². The molecule has 0 fully saturated rings. The maximum atomic E-state index is 9.84. The lowest BCUT2D eigenvalue weighted by atomic mass is 9.96. The largest absolute Gasteiger partial charge is 0.506 e. The average Bonchev–Trinajstić information content (AvgIpc) is 2.19. The highest BCUT2D eigenvalue weighted by molar-refractivity contribution is 6.32. The number of hydrogen-bond donors (Lipinski definition) is 3. The van der Waals surface area contributed by atoms with Gasteiger partial charge in [0.15, 0.2) is 0 Å². The summed E-state index contributed by atoms with van der Waals surface area (Å²) < 4.78 is 0. The molecule has 0 aliphatic carbocycles. The zero-order chi connectivity index (χ0) is 11.7. The third-order valence-electron chi connectivity index (χ3n) is 2.53. The molecule has 0 saturated carbocycles. The Kier molecular flexibility index (Phi) is 3.60. The highest BCUT2D eigenvalue weighted by atomic mass is 35.5. The van der Waals surface area contributed by atoms with E-state index in [4.69, 9.17) is 17.3 Å². The van der Waals surface area contributed by atoms with E-state index in [2.05, 4.69) is 0 Å². The molecule has 1 rings (SSSR count). The number of hydrogen-bond acceptors (Lipinski definition) is 3. The molecule has 84 valence electrons. The van der Waals surface area contributed by atoms with Crippen LogP contribution in [0.3, 0.4) is 0 Å². The van der Waals surface area contributed by atoms with Crippen molar-refractivity contribution < 1.29 is 10.2 Å². The predicted molar refractivity (Wildman–Crippen MR) is 61.2 cm³/mol. The van der Waals surface area contributed by atoms with Crippen molar-refractivity contribution in [2.24, 2.45) is 5.73 Å². The Hall–Kier alpha value is -0.770. The van der Waals surface area contributed by atoms with Crippen LogP contribution in [0.2, 0.25) is 5.02 Å². The molecule has 0 aromatic heterocycles. The van der Waals surface area contributed by atoms with E-state index >= 15 is 0 Å². The van der Waals surface area contributed by atoms with Crippen LogP contribution in [-0.4, -0.2) is 16.3 Å². The number of halogens is 1. The van der Waals surface area contributed by atoms with E-state index in [0.717, 1.165) is 5.56 Å². The van der Waals surface area contributed by atoms with Crippen LogP contribution in [0.25, 0.3) is 0 Å². The summed E-state index contributed by atoms with van der Waals surface area (Å²) >= 11 is 5.88. The van der Waals surface area contributed by atoms with Crippen LogP contribution in [0.4, 0.5) is 0 Å². The summed E-state index contributed by atoms with van der Waals surface area (Å²) in [5, 5.41) is 19.9. The van der Waals surface area contributed by atoms with Gasteiger partial charge in [-0.3, -0.25) is 0 Å². The SMILES string of the molecule is Cc1cc(C(O)C(C)N)c(C)c(O)c1Cl. The molecule has 0 spiro atoms. The van der Waals surface area contributed by atoms with Crippen molar-refractivity contribution in [3.63, 3.8) is 0 Å². The molecule has 0 radical (unpaired) electrons. The molecule has 0 aliphatic rings. The molecule has 0 bridgehead atoms. The fourth-order valence-corrected chi connectivity index (χ4v) is 1.68. The van der Waals surface area contributed by atoms with E-state index in [1.807, 2.05) is 0 Å². The molecule has 2 atom stereocenters. The van der Waals surface area contributed by atoms with E-state index < -0.39 is 6.10 Å². The van der Waals surface area contributed by atoms with Gasteiger partial charge in [-0.05, 0) is 37.5 Å². The molecule has 0 saturated heterocycles. The van der Waals surface area contributed by atoms with Gasteiger partial charge in [-0.25, -0.2) is 0 Å². The first-order valence-electron chi connectivity index (χ1n) is 4.78. The quantitative estimate of drug-likeness (QED) is 0.727. The highest BCUT2D eigenvalue weighted by Crippen LogP contribution is 2.35. The third-order valence-corrected chi connectivity index (χ3v) is 3.01. The van der Waals surface area contributed by atoms with Gasteiger partial charge < -0.3 is 15.9 Å². The lowest BCUT2D eigenvalue weighted by Gasteiger charge is -2.19. The summed E-state index contributed by atoms with van der Waals surface area (Å²) in [6.45, 7) is 5.20. The van der Waals surface area contributed by atoms with Gasteiger partial charge in [0.2, 0.25) is 0 Å². The minimum atomic E-state index is -0.785. The first kappa shape index (κ1) is 12.3. The molecule has 4 N–H and O–H groups in total. The maximum absolute atomic E-state index is 9.84. The van der Waals surface area contributed by atoms with Crippen LogP contribution in [0.15, 0.2) is 6.07 Å². The monoisotopic (exact) mass is 229 g/mol. The number of benzene rings is 1. The van der Waals surface area contributed by atoms with E-state index in [1.165, 1.54) is 0 Å². The van der Waals surface area contributed by atoms with E-state index in [0.29, 0.717) is 16.1 Å². The number of phenols is 1. The minimum Gasteiger partial charge on any atom is -0.506 e. The van der Waals surface area contributed by atoms with Crippen molar-refractivity contribution in [3.8, 4) is 5.75 Å². The van der Waals surface area contributed by atoms with Crippen LogP contribution in [0.5, 0.6) is 5.75 Å². The van der Waals surface area contributed by atoms with Gasteiger partial charge in [0.1, 0.15) is 5.75 Å². The molecular weight excluding hydrogens is 214 g/mol. The molecule has 0 amide bonds. The molecule has 0 aliphatic heterocycles. The summed E-state index contributed by atoms with van der Waals surface area (Å²) in [5.41, 5.74) is 7.55. The van der Waals surface area contributed by atoms with Gasteiger partial charge in [-0.1, -0.05) is 17.7 Å². The van der Waals surface area contributed by atoms with Crippen molar-refractivity contribution >= 4 is 11.6 Å². The van der Waals surface area contributed by atoms with Crippen molar-refractivity contribution in [3.05, 3.63) is 27.8 Å². The minimum absolute atomic E-state index is 0.0198. The summed E-state index contributed by atoms with van der Waals surface area (Å²) in [6.07, 6.45) is -0.785. The predicted octanol–water partition coefficient (Wildman–Crippen LogP) is 2.04. The van der Waals surface area contributed by atoms with Crippen LogP contribution in [-0.2, 0) is 0 Å². The number of nitrogens with two attached hydrogens (primary N) is 1. The second-order valence-electron chi connectivity index (χ2n) is 3.87. The Morgan fingerprint density at radius 3 is 2.40 bits per heavy atom. The molecule has 1 aromatic carbocycles. The zero-order valence-corrected chi connectivity index (χ0v) is 9.84. The van der Waals surface area contributed by atoms with Gasteiger partial charge in [-0.2, -0.15) is 0 Å². The second kappa shape index (κ2) is 4.39. The number of aromatic hydroxyl groups is 1. The first-order valence-corrected chi connectivity index (χ1v) is 5.16. The third kappa shape index (κ3) is 2.25. The normalized spacial score (nSPS) is 15.1. The fraction of sp³-hybridized carbons (Fsp3) is 0.455. The molecule has 1 aromatic rings. The summed E-state index contributed by atoms with van der Waals surface area (Å²) in [4.78, 5) is 0. The highest BCUT2D eigenvalue weighted by Gasteiger charge is 2.19. The first-order chi connectivity index (χ1) is 6.86. The number of aliphatic hydroxyl groups excluding tert-OH is 1. The van der Waals surface area contributed by atoms with Gasteiger partial charge in [-0.15, -0.1) is 0 Å². The number of phenolic OH excluding ortho intramolecular Hbond substituents is 1. The number of aryl methyl sites for hydroxylation is 1. The zero-order valence-electron chi connectivity index (χ0n) is 9.08. The van der Waals surface area contributed by atoms with E-state index in [1.54, 1.807) is 26.8 Å². The van der Waals surface area contributed by atoms with Crippen LogP contribution in [0, 0.1) is 13.8 Å². The van der Waals surface area contributed by atoms with Crippen LogP contribution < -0.4 is 5.73 Å². The van der Waals surface area contributed by atoms with Gasteiger partial charge >= 0.3 is 0 Å². The topological polar surface area (TPSA) is 66.5 Å². The summed E-state index contributed by atoms with van der Waals surface area (Å²) in [6, 6.07) is 1.37. The van der Waals surface area contributed by atoms with Gasteiger partial charge in [0.25, 0.3) is 0 Å². The number of rotatable bonds is 2. The number of aliphatic hydroxyl groups is 1. The van der Waals surface area contributed by atoms with Gasteiger partial charge in [0, 0.05) is 6.04 Å². The fourth-order valence-electron chi connectivity index (χ4n) is 1.48. The molecule has 4 heteroatoms.